The van der Waals surface area contributed by atoms with E-state index in [1.807, 2.05) is 0 Å². The Morgan fingerprint density at radius 2 is 2.03 bits per heavy atom. The number of Topliss-reactive ketones (excluding diaryl/α,β-unsaturated/α-hetero) is 1. The fourth-order valence-corrected chi connectivity index (χ4v) is 3.95. The molecular weight excluding hydrogens is 449 g/mol. The first-order chi connectivity index (χ1) is 13.8. The van der Waals surface area contributed by atoms with Gasteiger partial charge in [-0.15, -0.1) is 0 Å². The molecule has 0 fully saturated rings. The summed E-state index contributed by atoms with van der Waals surface area (Å²) in [4.78, 5) is 23.4. The van der Waals surface area contributed by atoms with E-state index in [1.165, 1.54) is 0 Å². The van der Waals surface area contributed by atoms with Crippen LogP contribution in [0.25, 0.3) is 0 Å². The molecule has 4 N–H and O–H groups in total. The van der Waals surface area contributed by atoms with Gasteiger partial charge in [0.05, 0.1) is 28.8 Å². The van der Waals surface area contributed by atoms with Crippen molar-refractivity contribution in [3.8, 4) is 6.07 Å². The van der Waals surface area contributed by atoms with E-state index in [0.717, 1.165) is 13.2 Å². The molecule has 0 bridgehead atoms. The number of anilines is 1. The van der Waals surface area contributed by atoms with Crippen molar-refractivity contribution in [3.05, 3.63) is 39.0 Å². The summed E-state index contributed by atoms with van der Waals surface area (Å²) in [6.07, 6.45) is -4.56. The third kappa shape index (κ3) is 4.09. The van der Waals surface area contributed by atoms with E-state index in [-0.39, 0.29) is 11.5 Å². The number of halogens is 4. The number of nitriles is 1. The molecule has 0 saturated carbocycles. The number of ketones is 1. The minimum atomic E-state index is -4.85. The molecule has 0 aromatic heterocycles. The van der Waals surface area contributed by atoms with Crippen molar-refractivity contribution in [2.45, 2.75) is 25.1 Å². The number of alkyl halides is 3. The number of carbonyl (C=O) groups excluding carboxylic acids is 1. The average Bonchev–Trinajstić information content (AvgIpc) is 2.61. The Labute approximate surface area is 176 Å². The lowest BCUT2D eigenvalue weighted by molar-refractivity contribution is -0.145. The molecule has 1 aliphatic heterocycles. The molecule has 0 saturated heterocycles. The van der Waals surface area contributed by atoms with Gasteiger partial charge in [0.25, 0.3) is 0 Å². The first-order valence-electron chi connectivity index (χ1n) is 8.00. The highest BCUT2D eigenvalue weighted by molar-refractivity contribution is 7.95. The van der Waals surface area contributed by atoms with Gasteiger partial charge in [-0.05, 0) is 23.3 Å². The maximum Gasteiger partial charge on any atom is 0.416 e. The van der Waals surface area contributed by atoms with Crippen molar-refractivity contribution >= 4 is 45.9 Å². The lowest BCUT2D eigenvalue weighted by atomic mass is 9.83. The summed E-state index contributed by atoms with van der Waals surface area (Å²) in [5.74, 6) is -2.89. The van der Waals surface area contributed by atoms with E-state index in [0.29, 0.717) is 12.1 Å². The number of carboxylic acids is 1. The number of allylic oxidation sites excluding steroid dienone is 1. The van der Waals surface area contributed by atoms with Gasteiger partial charge < -0.3 is 20.3 Å². The Morgan fingerprint density at radius 1 is 1.43 bits per heavy atom. The van der Waals surface area contributed by atoms with Crippen LogP contribution in [-0.2, 0) is 32.5 Å². The van der Waals surface area contributed by atoms with Crippen molar-refractivity contribution in [1.29, 1.82) is 10.7 Å². The molecule has 1 aliphatic rings. The summed E-state index contributed by atoms with van der Waals surface area (Å²) in [5, 5.41) is 31.3. The molecule has 8 nitrogen and oxygen atoms in total. The molecule has 1 heterocycles. The minimum Gasteiger partial charge on any atom is -0.611 e. The number of rotatable bonds is 5. The number of benzene rings is 1. The number of nitrogens with one attached hydrogen (secondary N) is 3. The SMILES string of the molecule is CC(=O)C(=N)/C(=C1\Nc2c(Cl)cc(C(F)(F)F)cc2C(CC#N)(C(=O)O)N1)[S+](C)[O-]. The monoisotopic (exact) mass is 462 g/mol. The van der Waals surface area contributed by atoms with Gasteiger partial charge in [-0.25, -0.2) is 4.79 Å². The number of hydrogen-bond acceptors (Lipinski definition) is 7. The molecule has 0 aliphatic carbocycles. The van der Waals surface area contributed by atoms with Crippen LogP contribution in [0.3, 0.4) is 0 Å². The fourth-order valence-electron chi connectivity index (χ4n) is 2.86. The summed E-state index contributed by atoms with van der Waals surface area (Å²) >= 11 is 4.00. The van der Waals surface area contributed by atoms with Crippen LogP contribution in [-0.4, -0.2) is 33.4 Å². The third-order valence-corrected chi connectivity index (χ3v) is 5.55. The largest absolute Gasteiger partial charge is 0.611 e. The quantitative estimate of drug-likeness (QED) is 0.388. The third-order valence-electron chi connectivity index (χ3n) is 4.27. The number of nitrogens with zero attached hydrogens (tertiary/aromatic N) is 1. The van der Waals surface area contributed by atoms with E-state index in [1.54, 1.807) is 6.07 Å². The smallest absolute Gasteiger partial charge is 0.416 e. The lowest BCUT2D eigenvalue weighted by Gasteiger charge is -2.38. The standard InChI is InChI=1S/C17H14ClF3N4O4S/c1-7(26)11(23)13(30(2)29)14-24-12-9(16(25-14,3-4-22)15(27)28)5-8(6-10(12)18)17(19,20)21/h5-6,23-25H,3H2,1-2H3,(H,27,28)/b14-13-,23-11?. The second-order valence-corrected chi connectivity index (χ2v) is 7.99. The zero-order chi connectivity index (χ0) is 23.0. The minimum absolute atomic E-state index is 0.282. The first kappa shape index (κ1) is 23.5. The van der Waals surface area contributed by atoms with Crippen LogP contribution in [0.5, 0.6) is 0 Å². The molecule has 0 radical (unpaired) electrons. The zero-order valence-corrected chi connectivity index (χ0v) is 17.0. The van der Waals surface area contributed by atoms with Gasteiger partial charge in [0.15, 0.2) is 22.9 Å². The Morgan fingerprint density at radius 3 is 2.47 bits per heavy atom. The van der Waals surface area contributed by atoms with Crippen LogP contribution in [0.1, 0.15) is 24.5 Å². The summed E-state index contributed by atoms with van der Waals surface area (Å²) < 4.78 is 52.0. The number of aliphatic carboxylic acids is 1. The second kappa shape index (κ2) is 8.17. The van der Waals surface area contributed by atoms with Crippen molar-refractivity contribution < 1.29 is 32.4 Å². The van der Waals surface area contributed by atoms with E-state index >= 15 is 0 Å². The Bertz CT molecular complexity index is 1020. The second-order valence-electron chi connectivity index (χ2n) is 6.26. The molecule has 0 spiro atoms. The first-order valence-corrected chi connectivity index (χ1v) is 9.94. The highest BCUT2D eigenvalue weighted by Gasteiger charge is 2.49. The van der Waals surface area contributed by atoms with Crippen molar-refractivity contribution in [3.63, 3.8) is 0 Å². The maximum absolute atomic E-state index is 13.3. The predicted molar refractivity (Wildman–Crippen MR) is 102 cm³/mol. The van der Waals surface area contributed by atoms with Crippen LogP contribution < -0.4 is 10.6 Å². The molecule has 2 unspecified atom stereocenters. The number of hydrogen-bond donors (Lipinski definition) is 4. The number of fused-ring (bicyclic) bond motifs is 1. The highest BCUT2D eigenvalue weighted by Crippen LogP contribution is 2.45. The molecule has 1 aromatic rings. The van der Waals surface area contributed by atoms with Crippen LogP contribution in [0, 0.1) is 16.7 Å². The number of carbonyl (C=O) groups is 2. The van der Waals surface area contributed by atoms with Crippen LogP contribution in [0.2, 0.25) is 5.02 Å². The van der Waals surface area contributed by atoms with Gasteiger partial charge in [0.1, 0.15) is 6.26 Å². The molecule has 30 heavy (non-hydrogen) atoms. The van der Waals surface area contributed by atoms with Gasteiger partial charge in [-0.2, -0.15) is 18.4 Å². The van der Waals surface area contributed by atoms with E-state index in [4.69, 9.17) is 17.0 Å². The van der Waals surface area contributed by atoms with Gasteiger partial charge in [0, 0.05) is 12.5 Å². The predicted octanol–water partition coefficient (Wildman–Crippen LogP) is 2.72. The molecule has 160 valence electrons. The van der Waals surface area contributed by atoms with Crippen LogP contribution in [0.15, 0.2) is 22.9 Å². The van der Waals surface area contributed by atoms with Gasteiger partial charge in [-0.3, -0.25) is 10.2 Å². The van der Waals surface area contributed by atoms with Gasteiger partial charge in [0.2, 0.25) is 4.91 Å². The van der Waals surface area contributed by atoms with Gasteiger partial charge >= 0.3 is 12.1 Å². The molecule has 2 rings (SSSR count). The van der Waals surface area contributed by atoms with E-state index in [9.17, 15) is 37.7 Å². The molecule has 2 atom stereocenters. The van der Waals surface area contributed by atoms with E-state index in [2.05, 4.69) is 10.6 Å². The molecular formula is C17H14ClF3N4O4S. The normalized spacial score (nSPS) is 20.7. The fraction of sp³-hybridized carbons (Fsp3) is 0.294. The maximum atomic E-state index is 13.3. The highest BCUT2D eigenvalue weighted by atomic mass is 35.5. The van der Waals surface area contributed by atoms with E-state index < -0.39 is 67.8 Å². The van der Waals surface area contributed by atoms with Crippen LogP contribution in [0.4, 0.5) is 18.9 Å². The lowest BCUT2D eigenvalue weighted by Crippen LogP contribution is -2.54. The Kier molecular flexibility index (Phi) is 6.41. The molecule has 1 aromatic carbocycles. The molecule has 0 amide bonds. The summed E-state index contributed by atoms with van der Waals surface area (Å²) in [6.45, 7) is 1.02. The van der Waals surface area contributed by atoms with Gasteiger partial charge in [-0.1, -0.05) is 11.6 Å². The summed E-state index contributed by atoms with van der Waals surface area (Å²) in [6, 6.07) is 2.71. The summed E-state index contributed by atoms with van der Waals surface area (Å²) in [7, 11) is 0. The van der Waals surface area contributed by atoms with Crippen molar-refractivity contribution in [2.75, 3.05) is 11.6 Å². The Hall–Kier alpha value is -2.75. The topological polar surface area (TPSA) is 149 Å². The average molecular weight is 463 g/mol. The Balaban J connectivity index is 2.93. The summed E-state index contributed by atoms with van der Waals surface area (Å²) in [5.41, 5.74) is -5.13. The van der Waals surface area contributed by atoms with Crippen molar-refractivity contribution in [1.82, 2.24) is 5.32 Å². The zero-order valence-electron chi connectivity index (χ0n) is 15.4. The van der Waals surface area contributed by atoms with Crippen molar-refractivity contribution in [2.24, 2.45) is 0 Å². The number of carboxylic acid groups (broad SMARTS) is 1. The van der Waals surface area contributed by atoms with Crippen LogP contribution >= 0.6 is 11.6 Å². The molecule has 13 heteroatoms.